The molecule has 0 amide bonds. The smallest absolute Gasteiger partial charge is 0.257 e. The number of aromatic nitrogens is 2. The molecule has 1 N–H and O–H groups in total. The molecule has 0 bridgehead atoms. The molecule has 0 atom stereocenters. The summed E-state index contributed by atoms with van der Waals surface area (Å²) >= 11 is 1.54. The lowest BCUT2D eigenvalue weighted by atomic mass is 10.3. The van der Waals surface area contributed by atoms with Crippen molar-refractivity contribution in [3.05, 3.63) is 17.3 Å². The van der Waals surface area contributed by atoms with Crippen LogP contribution in [-0.4, -0.2) is 29.9 Å². The van der Waals surface area contributed by atoms with Crippen LogP contribution >= 0.6 is 11.3 Å². The first-order valence-electron chi connectivity index (χ1n) is 6.37. The Balaban J connectivity index is 1.88. The van der Waals surface area contributed by atoms with Gasteiger partial charge >= 0.3 is 0 Å². The minimum Gasteiger partial charge on any atom is -0.496 e. The fourth-order valence-electron chi connectivity index (χ4n) is 1.62. The topological polar surface area (TPSA) is 60.2 Å². The third-order valence-corrected chi connectivity index (χ3v) is 3.51. The van der Waals surface area contributed by atoms with Crippen molar-refractivity contribution in [2.75, 3.05) is 13.7 Å². The second kappa shape index (κ2) is 6.68. The molecule has 0 aliphatic carbocycles. The van der Waals surface area contributed by atoms with E-state index in [1.165, 1.54) is 11.3 Å². The number of hydrogen-bond acceptors (Lipinski definition) is 6. The van der Waals surface area contributed by atoms with Crippen molar-refractivity contribution >= 4 is 11.3 Å². The Morgan fingerprint density at radius 3 is 2.95 bits per heavy atom. The zero-order valence-corrected chi connectivity index (χ0v) is 12.3. The van der Waals surface area contributed by atoms with Crippen LogP contribution < -0.4 is 10.1 Å². The van der Waals surface area contributed by atoms with Crippen molar-refractivity contribution in [1.82, 2.24) is 15.5 Å². The SMILES string of the molecule is COc1csc(-c2nnc(CCCNC(C)C)o2)c1. The van der Waals surface area contributed by atoms with Gasteiger partial charge in [0.1, 0.15) is 5.75 Å². The highest BCUT2D eigenvalue weighted by Crippen LogP contribution is 2.29. The Morgan fingerprint density at radius 2 is 2.26 bits per heavy atom. The largest absolute Gasteiger partial charge is 0.496 e. The van der Waals surface area contributed by atoms with E-state index in [4.69, 9.17) is 9.15 Å². The van der Waals surface area contributed by atoms with E-state index in [1.54, 1.807) is 7.11 Å². The number of nitrogens with zero attached hydrogens (tertiary/aromatic N) is 2. The van der Waals surface area contributed by atoms with Gasteiger partial charge < -0.3 is 14.5 Å². The average molecular weight is 281 g/mol. The maximum absolute atomic E-state index is 5.64. The summed E-state index contributed by atoms with van der Waals surface area (Å²) in [4.78, 5) is 0.941. The predicted octanol–water partition coefficient (Wildman–Crippen LogP) is 2.74. The number of hydrogen-bond donors (Lipinski definition) is 1. The zero-order valence-electron chi connectivity index (χ0n) is 11.5. The predicted molar refractivity (Wildman–Crippen MR) is 75.6 cm³/mol. The van der Waals surface area contributed by atoms with Gasteiger partial charge in [-0.05, 0) is 13.0 Å². The minimum atomic E-state index is 0.511. The number of rotatable bonds is 7. The lowest BCUT2D eigenvalue weighted by Gasteiger charge is -2.05. The number of thiophene rings is 1. The third kappa shape index (κ3) is 4.04. The highest BCUT2D eigenvalue weighted by atomic mass is 32.1. The Bertz CT molecular complexity index is 507. The fourth-order valence-corrected chi connectivity index (χ4v) is 2.40. The van der Waals surface area contributed by atoms with Crippen LogP contribution in [-0.2, 0) is 6.42 Å². The van der Waals surface area contributed by atoms with Gasteiger partial charge in [-0.3, -0.25) is 0 Å². The van der Waals surface area contributed by atoms with E-state index >= 15 is 0 Å². The van der Waals surface area contributed by atoms with Gasteiger partial charge in [0.2, 0.25) is 5.89 Å². The quantitative estimate of drug-likeness (QED) is 0.791. The number of nitrogens with one attached hydrogen (secondary N) is 1. The van der Waals surface area contributed by atoms with Crippen LogP contribution in [0.5, 0.6) is 5.75 Å². The Hall–Kier alpha value is -1.40. The first-order chi connectivity index (χ1) is 9.19. The Labute approximate surface area is 117 Å². The fraction of sp³-hybridized carbons (Fsp3) is 0.538. The van der Waals surface area contributed by atoms with E-state index in [0.29, 0.717) is 17.8 Å². The summed E-state index contributed by atoms with van der Waals surface area (Å²) in [6, 6.07) is 2.42. The molecule has 2 rings (SSSR count). The third-order valence-electron chi connectivity index (χ3n) is 2.61. The normalized spacial score (nSPS) is 11.2. The molecule has 0 unspecified atom stereocenters. The molecule has 0 radical (unpaired) electrons. The van der Waals surface area contributed by atoms with Crippen molar-refractivity contribution in [2.45, 2.75) is 32.7 Å². The molecular weight excluding hydrogens is 262 g/mol. The Kier molecular flexibility index (Phi) is 4.93. The van der Waals surface area contributed by atoms with Gasteiger partial charge in [-0.2, -0.15) is 0 Å². The zero-order chi connectivity index (χ0) is 13.7. The van der Waals surface area contributed by atoms with E-state index < -0.39 is 0 Å². The molecule has 104 valence electrons. The summed E-state index contributed by atoms with van der Waals surface area (Å²) in [6.07, 6.45) is 1.79. The van der Waals surface area contributed by atoms with Gasteiger partial charge in [0, 0.05) is 23.9 Å². The van der Waals surface area contributed by atoms with Crippen LogP contribution in [0, 0.1) is 0 Å². The lowest BCUT2D eigenvalue weighted by Crippen LogP contribution is -2.23. The van der Waals surface area contributed by atoms with Crippen molar-refractivity contribution in [3.8, 4) is 16.5 Å². The lowest BCUT2D eigenvalue weighted by molar-refractivity contribution is 0.416. The van der Waals surface area contributed by atoms with Crippen LogP contribution in [0.3, 0.4) is 0 Å². The molecule has 0 spiro atoms. The van der Waals surface area contributed by atoms with Crippen LogP contribution in [0.1, 0.15) is 26.2 Å². The standard InChI is InChI=1S/C13H19N3O2S/c1-9(2)14-6-4-5-12-15-16-13(18-12)11-7-10(17-3)8-19-11/h7-9,14H,4-6H2,1-3H3. The summed E-state index contributed by atoms with van der Waals surface area (Å²) < 4.78 is 10.8. The number of aryl methyl sites for hydroxylation is 1. The molecule has 0 aliphatic rings. The van der Waals surface area contributed by atoms with Gasteiger partial charge in [-0.15, -0.1) is 21.5 Å². The van der Waals surface area contributed by atoms with E-state index in [1.807, 2.05) is 11.4 Å². The summed E-state index contributed by atoms with van der Waals surface area (Å²) in [5.41, 5.74) is 0. The van der Waals surface area contributed by atoms with E-state index in [0.717, 1.165) is 30.0 Å². The minimum absolute atomic E-state index is 0.511. The summed E-state index contributed by atoms with van der Waals surface area (Å²) in [6.45, 7) is 5.23. The first kappa shape index (κ1) is 14.0. The van der Waals surface area contributed by atoms with Crippen LogP contribution in [0.25, 0.3) is 10.8 Å². The molecule has 19 heavy (non-hydrogen) atoms. The van der Waals surface area contributed by atoms with Gasteiger partial charge in [0.25, 0.3) is 5.89 Å². The summed E-state index contributed by atoms with van der Waals surface area (Å²) in [7, 11) is 1.65. The van der Waals surface area contributed by atoms with Crippen LogP contribution in [0.15, 0.2) is 15.9 Å². The second-order valence-corrected chi connectivity index (χ2v) is 5.48. The first-order valence-corrected chi connectivity index (χ1v) is 7.25. The molecular formula is C13H19N3O2S. The van der Waals surface area contributed by atoms with Gasteiger partial charge in [-0.25, -0.2) is 0 Å². The van der Waals surface area contributed by atoms with E-state index in [9.17, 15) is 0 Å². The van der Waals surface area contributed by atoms with Crippen molar-refractivity contribution in [1.29, 1.82) is 0 Å². The maximum Gasteiger partial charge on any atom is 0.257 e. The average Bonchev–Trinajstić information content (AvgIpc) is 3.02. The molecule has 6 heteroatoms. The van der Waals surface area contributed by atoms with Crippen molar-refractivity contribution < 1.29 is 9.15 Å². The summed E-state index contributed by atoms with van der Waals surface area (Å²) in [5.74, 6) is 2.08. The molecule has 2 heterocycles. The molecule has 2 aromatic heterocycles. The van der Waals surface area contributed by atoms with Crippen molar-refractivity contribution in [2.24, 2.45) is 0 Å². The number of methoxy groups -OCH3 is 1. The molecule has 2 aromatic rings. The Morgan fingerprint density at radius 1 is 1.42 bits per heavy atom. The van der Waals surface area contributed by atoms with Gasteiger partial charge in [0.15, 0.2) is 0 Å². The molecule has 0 aliphatic heterocycles. The van der Waals surface area contributed by atoms with E-state index in [2.05, 4.69) is 29.4 Å². The molecule has 0 fully saturated rings. The van der Waals surface area contributed by atoms with E-state index in [-0.39, 0.29) is 0 Å². The van der Waals surface area contributed by atoms with Crippen LogP contribution in [0.4, 0.5) is 0 Å². The molecule has 0 saturated heterocycles. The van der Waals surface area contributed by atoms with Gasteiger partial charge in [-0.1, -0.05) is 13.8 Å². The summed E-state index contributed by atoms with van der Waals surface area (Å²) in [5, 5.41) is 13.4. The van der Waals surface area contributed by atoms with Crippen LogP contribution in [0.2, 0.25) is 0 Å². The molecule has 5 nitrogen and oxygen atoms in total. The second-order valence-electron chi connectivity index (χ2n) is 4.56. The monoisotopic (exact) mass is 281 g/mol. The molecule has 0 aromatic carbocycles. The van der Waals surface area contributed by atoms with Gasteiger partial charge in [0.05, 0.1) is 12.0 Å². The number of ether oxygens (including phenoxy) is 1. The maximum atomic E-state index is 5.64. The van der Waals surface area contributed by atoms with Crippen molar-refractivity contribution in [3.63, 3.8) is 0 Å². The highest BCUT2D eigenvalue weighted by molar-refractivity contribution is 7.13. The highest BCUT2D eigenvalue weighted by Gasteiger charge is 2.11. The molecule has 0 saturated carbocycles.